The normalized spacial score (nSPS) is 14.3. The number of nitrogens with one attached hydrogen (secondary N) is 1. The molecule has 8 heteroatoms. The van der Waals surface area contributed by atoms with Gasteiger partial charge in [0, 0.05) is 16.3 Å². The van der Waals surface area contributed by atoms with Crippen LogP contribution in [0.4, 0.5) is 5.69 Å². The van der Waals surface area contributed by atoms with Gasteiger partial charge in [0.25, 0.3) is 11.8 Å². The van der Waals surface area contributed by atoms with Crippen molar-refractivity contribution in [3.05, 3.63) is 64.7 Å². The third-order valence-corrected chi connectivity index (χ3v) is 4.46. The third-order valence-electron chi connectivity index (χ3n) is 4.21. The van der Waals surface area contributed by atoms with Gasteiger partial charge in [0.15, 0.2) is 6.10 Å². The molecular formula is C20H17ClN2O5. The predicted octanol–water partition coefficient (Wildman–Crippen LogP) is 2.44. The SMILES string of the molecule is C[C@@H](OC(=O)CN1C(=O)Cc2ccccc2C1=O)C(=O)Nc1ccc(Cl)cc1. The number of carbonyl (C=O) groups is 4. The summed E-state index contributed by atoms with van der Waals surface area (Å²) in [5.74, 6) is -2.43. The second-order valence-corrected chi connectivity index (χ2v) is 6.68. The molecule has 0 saturated heterocycles. The lowest BCUT2D eigenvalue weighted by Crippen LogP contribution is -2.46. The molecule has 0 aliphatic carbocycles. The summed E-state index contributed by atoms with van der Waals surface area (Å²) in [5.41, 5.74) is 1.50. The molecule has 0 fully saturated rings. The van der Waals surface area contributed by atoms with Gasteiger partial charge in [-0.3, -0.25) is 24.1 Å². The van der Waals surface area contributed by atoms with Crippen LogP contribution in [0, 0.1) is 0 Å². The highest BCUT2D eigenvalue weighted by Crippen LogP contribution is 2.19. The number of halogens is 1. The standard InChI is InChI=1S/C20H17ClN2O5/c1-12(19(26)22-15-8-6-14(21)7-9-15)28-18(25)11-23-17(24)10-13-4-2-3-5-16(13)20(23)27/h2-9,12H,10-11H2,1H3,(H,22,26)/t12-/m1/s1. The number of imide groups is 1. The zero-order valence-corrected chi connectivity index (χ0v) is 15.7. The largest absolute Gasteiger partial charge is 0.451 e. The Morgan fingerprint density at radius 2 is 1.82 bits per heavy atom. The molecule has 2 aromatic rings. The molecule has 1 aliphatic rings. The minimum atomic E-state index is -1.11. The monoisotopic (exact) mass is 400 g/mol. The molecule has 28 heavy (non-hydrogen) atoms. The summed E-state index contributed by atoms with van der Waals surface area (Å²) in [6.07, 6.45) is -1.08. The number of hydrogen-bond donors (Lipinski definition) is 1. The highest BCUT2D eigenvalue weighted by molar-refractivity contribution is 6.30. The van der Waals surface area contributed by atoms with Crippen LogP contribution in [0.2, 0.25) is 5.02 Å². The number of nitrogens with zero attached hydrogens (tertiary/aromatic N) is 1. The van der Waals surface area contributed by atoms with E-state index in [1.807, 2.05) is 0 Å². The number of anilines is 1. The zero-order chi connectivity index (χ0) is 20.3. The van der Waals surface area contributed by atoms with Crippen molar-refractivity contribution in [2.75, 3.05) is 11.9 Å². The summed E-state index contributed by atoms with van der Waals surface area (Å²) in [6, 6.07) is 13.2. The first-order valence-corrected chi connectivity index (χ1v) is 8.91. The van der Waals surface area contributed by atoms with Crippen LogP contribution in [0.1, 0.15) is 22.8 Å². The third kappa shape index (κ3) is 4.37. The first kappa shape index (κ1) is 19.6. The van der Waals surface area contributed by atoms with E-state index in [2.05, 4.69) is 5.32 Å². The Morgan fingerprint density at radius 3 is 2.54 bits per heavy atom. The second kappa shape index (κ2) is 8.22. The number of benzene rings is 2. The fraction of sp³-hybridized carbons (Fsp3) is 0.200. The Hall–Kier alpha value is -3.19. The molecule has 7 nitrogen and oxygen atoms in total. The van der Waals surface area contributed by atoms with E-state index in [-0.39, 0.29) is 6.42 Å². The fourth-order valence-electron chi connectivity index (χ4n) is 2.75. The fourth-order valence-corrected chi connectivity index (χ4v) is 2.88. The number of esters is 1. The molecule has 0 saturated carbocycles. The van der Waals surface area contributed by atoms with Gasteiger partial charge in [0.1, 0.15) is 6.54 Å². The molecule has 3 rings (SSSR count). The predicted molar refractivity (Wildman–Crippen MR) is 102 cm³/mol. The molecule has 1 heterocycles. The van der Waals surface area contributed by atoms with Crippen molar-refractivity contribution in [1.82, 2.24) is 4.90 Å². The van der Waals surface area contributed by atoms with E-state index in [9.17, 15) is 19.2 Å². The lowest BCUT2D eigenvalue weighted by atomic mass is 9.98. The number of amides is 3. The zero-order valence-electron chi connectivity index (χ0n) is 15.0. The summed E-state index contributed by atoms with van der Waals surface area (Å²) >= 11 is 5.79. The topological polar surface area (TPSA) is 92.8 Å². The van der Waals surface area contributed by atoms with Gasteiger partial charge in [0.05, 0.1) is 6.42 Å². The van der Waals surface area contributed by atoms with Gasteiger partial charge in [0.2, 0.25) is 5.91 Å². The molecule has 1 N–H and O–H groups in total. The van der Waals surface area contributed by atoms with Crippen molar-refractivity contribution in [3.8, 4) is 0 Å². The van der Waals surface area contributed by atoms with Gasteiger partial charge in [-0.15, -0.1) is 0 Å². The molecule has 0 radical (unpaired) electrons. The van der Waals surface area contributed by atoms with E-state index < -0.39 is 36.3 Å². The number of carbonyl (C=O) groups excluding carboxylic acids is 4. The smallest absolute Gasteiger partial charge is 0.326 e. The van der Waals surface area contributed by atoms with Crippen LogP contribution in [0.5, 0.6) is 0 Å². The van der Waals surface area contributed by atoms with Crippen LogP contribution in [0.25, 0.3) is 0 Å². The van der Waals surface area contributed by atoms with Gasteiger partial charge >= 0.3 is 5.97 Å². The maximum absolute atomic E-state index is 12.5. The number of hydrogen-bond acceptors (Lipinski definition) is 5. The van der Waals surface area contributed by atoms with Crippen LogP contribution in [-0.4, -0.2) is 41.2 Å². The average Bonchev–Trinajstić information content (AvgIpc) is 2.67. The Balaban J connectivity index is 1.59. The van der Waals surface area contributed by atoms with Gasteiger partial charge in [-0.25, -0.2) is 0 Å². The summed E-state index contributed by atoms with van der Waals surface area (Å²) in [6.45, 7) is 0.850. The van der Waals surface area contributed by atoms with Crippen molar-refractivity contribution in [3.63, 3.8) is 0 Å². The summed E-state index contributed by atoms with van der Waals surface area (Å²) in [4.78, 5) is 49.8. The van der Waals surface area contributed by atoms with Crippen LogP contribution < -0.4 is 5.32 Å². The summed E-state index contributed by atoms with van der Waals surface area (Å²) in [7, 11) is 0. The van der Waals surface area contributed by atoms with E-state index >= 15 is 0 Å². The molecule has 1 atom stereocenters. The minimum absolute atomic E-state index is 0.0296. The molecular weight excluding hydrogens is 384 g/mol. The van der Waals surface area contributed by atoms with Crippen molar-refractivity contribution in [1.29, 1.82) is 0 Å². The molecule has 0 aromatic heterocycles. The first-order chi connectivity index (χ1) is 13.3. The highest BCUT2D eigenvalue weighted by atomic mass is 35.5. The lowest BCUT2D eigenvalue weighted by molar-refractivity contribution is -0.155. The van der Waals surface area contributed by atoms with E-state index in [0.717, 1.165) is 4.90 Å². The van der Waals surface area contributed by atoms with Crippen molar-refractivity contribution in [2.45, 2.75) is 19.4 Å². The highest BCUT2D eigenvalue weighted by Gasteiger charge is 2.33. The lowest BCUT2D eigenvalue weighted by Gasteiger charge is -2.26. The van der Waals surface area contributed by atoms with Crippen molar-refractivity contribution >= 4 is 41.0 Å². The quantitative estimate of drug-likeness (QED) is 0.614. The minimum Gasteiger partial charge on any atom is -0.451 e. The molecule has 0 bridgehead atoms. The molecule has 0 spiro atoms. The van der Waals surface area contributed by atoms with Gasteiger partial charge in [-0.1, -0.05) is 29.8 Å². The second-order valence-electron chi connectivity index (χ2n) is 6.25. The first-order valence-electron chi connectivity index (χ1n) is 8.53. The van der Waals surface area contributed by atoms with E-state index in [1.165, 1.54) is 6.92 Å². The number of ether oxygens (including phenoxy) is 1. The molecule has 1 aliphatic heterocycles. The van der Waals surface area contributed by atoms with E-state index in [4.69, 9.17) is 16.3 Å². The Bertz CT molecular complexity index is 942. The Kier molecular flexibility index (Phi) is 5.75. The van der Waals surface area contributed by atoms with Gasteiger partial charge < -0.3 is 10.1 Å². The van der Waals surface area contributed by atoms with Gasteiger partial charge in [-0.05, 0) is 42.8 Å². The molecule has 3 amide bonds. The van der Waals surface area contributed by atoms with E-state index in [0.29, 0.717) is 21.8 Å². The number of rotatable bonds is 5. The molecule has 2 aromatic carbocycles. The van der Waals surface area contributed by atoms with Crippen LogP contribution in [0.15, 0.2) is 48.5 Å². The van der Waals surface area contributed by atoms with Gasteiger partial charge in [-0.2, -0.15) is 0 Å². The van der Waals surface area contributed by atoms with Crippen molar-refractivity contribution < 1.29 is 23.9 Å². The van der Waals surface area contributed by atoms with E-state index in [1.54, 1.807) is 48.5 Å². The molecule has 0 unspecified atom stereocenters. The van der Waals surface area contributed by atoms with Crippen LogP contribution >= 0.6 is 11.6 Å². The van der Waals surface area contributed by atoms with Crippen LogP contribution in [0.3, 0.4) is 0 Å². The molecule has 144 valence electrons. The summed E-state index contributed by atoms with van der Waals surface area (Å²) < 4.78 is 5.07. The maximum Gasteiger partial charge on any atom is 0.326 e. The van der Waals surface area contributed by atoms with Crippen molar-refractivity contribution in [2.24, 2.45) is 0 Å². The van der Waals surface area contributed by atoms with Crippen LogP contribution in [-0.2, 0) is 25.5 Å². The average molecular weight is 401 g/mol. The summed E-state index contributed by atoms with van der Waals surface area (Å²) in [5, 5.41) is 3.11. The maximum atomic E-state index is 12.5. The number of fused-ring (bicyclic) bond motifs is 1. The Labute approximate surface area is 166 Å². The Morgan fingerprint density at radius 1 is 1.14 bits per heavy atom.